The second kappa shape index (κ2) is 4.84. The van der Waals surface area contributed by atoms with Crippen molar-refractivity contribution in [3.05, 3.63) is 29.8 Å². The molecule has 0 aliphatic carbocycles. The van der Waals surface area contributed by atoms with Gasteiger partial charge < -0.3 is 4.90 Å². The minimum atomic E-state index is -0.488. The molecule has 2 aliphatic rings. The Labute approximate surface area is 106 Å². The summed E-state index contributed by atoms with van der Waals surface area (Å²) < 4.78 is 26.6. The molecule has 1 aromatic carbocycles. The number of nitrogens with zero attached hydrogens (tertiary/aromatic N) is 2. The quantitative estimate of drug-likeness (QED) is 0.758. The number of rotatable bonds is 1. The van der Waals surface area contributed by atoms with E-state index in [-0.39, 0.29) is 0 Å². The van der Waals surface area contributed by atoms with Gasteiger partial charge in [-0.25, -0.2) is 8.78 Å². The Morgan fingerprint density at radius 2 is 1.67 bits per heavy atom. The Balaban J connectivity index is 1.82. The lowest BCUT2D eigenvalue weighted by Crippen LogP contribution is -2.36. The molecule has 0 radical (unpaired) electrons. The summed E-state index contributed by atoms with van der Waals surface area (Å²) in [5.74, 6) is -0.977. The van der Waals surface area contributed by atoms with E-state index in [4.69, 9.17) is 0 Å². The number of fused-ring (bicyclic) bond motifs is 1. The summed E-state index contributed by atoms with van der Waals surface area (Å²) in [4.78, 5) is 4.64. The summed E-state index contributed by atoms with van der Waals surface area (Å²) in [6.45, 7) is 4.06. The van der Waals surface area contributed by atoms with Gasteiger partial charge in [-0.2, -0.15) is 0 Å². The first-order chi connectivity index (χ1) is 8.72. The molecule has 0 amide bonds. The largest absolute Gasteiger partial charge is 0.370 e. The molecular weight excluding hydrogens is 234 g/mol. The molecule has 98 valence electrons. The van der Waals surface area contributed by atoms with Crippen molar-refractivity contribution in [3.8, 4) is 0 Å². The zero-order chi connectivity index (χ0) is 12.5. The molecular formula is C14H18F2N2. The van der Waals surface area contributed by atoms with Gasteiger partial charge in [0, 0.05) is 37.4 Å². The van der Waals surface area contributed by atoms with Crippen molar-refractivity contribution in [1.29, 1.82) is 0 Å². The molecule has 0 N–H and O–H groups in total. The molecule has 0 saturated carbocycles. The number of hydrogen-bond acceptors (Lipinski definition) is 2. The third-order valence-corrected chi connectivity index (χ3v) is 4.02. The van der Waals surface area contributed by atoms with Crippen LogP contribution < -0.4 is 4.90 Å². The van der Waals surface area contributed by atoms with Crippen LogP contribution in [0.4, 0.5) is 14.5 Å². The fourth-order valence-corrected chi connectivity index (χ4v) is 3.16. The Kier molecular flexibility index (Phi) is 3.20. The Morgan fingerprint density at radius 3 is 2.44 bits per heavy atom. The van der Waals surface area contributed by atoms with Gasteiger partial charge in [-0.05, 0) is 37.9 Å². The smallest absolute Gasteiger partial charge is 0.128 e. The first kappa shape index (κ1) is 11.9. The van der Waals surface area contributed by atoms with Crippen LogP contribution in [-0.4, -0.2) is 37.1 Å². The molecule has 1 atom stereocenters. The van der Waals surface area contributed by atoms with Gasteiger partial charge in [0.15, 0.2) is 0 Å². The maximum Gasteiger partial charge on any atom is 0.128 e. The zero-order valence-corrected chi connectivity index (χ0v) is 10.4. The van der Waals surface area contributed by atoms with Crippen LogP contribution in [0.3, 0.4) is 0 Å². The van der Waals surface area contributed by atoms with Crippen LogP contribution >= 0.6 is 0 Å². The van der Waals surface area contributed by atoms with Crippen molar-refractivity contribution in [2.45, 2.75) is 25.3 Å². The lowest BCUT2D eigenvalue weighted by Gasteiger charge is -2.27. The van der Waals surface area contributed by atoms with Gasteiger partial charge in [-0.1, -0.05) is 0 Å². The highest BCUT2D eigenvalue weighted by Gasteiger charge is 2.28. The summed E-state index contributed by atoms with van der Waals surface area (Å²) in [5.41, 5.74) is 0.682. The fourth-order valence-electron chi connectivity index (χ4n) is 3.16. The molecule has 0 spiro atoms. The molecule has 2 nitrogen and oxygen atoms in total. The topological polar surface area (TPSA) is 6.48 Å². The van der Waals surface area contributed by atoms with Crippen LogP contribution in [-0.2, 0) is 0 Å². The summed E-state index contributed by atoms with van der Waals surface area (Å²) in [6.07, 6.45) is 3.51. The number of anilines is 1. The van der Waals surface area contributed by atoms with Crippen LogP contribution in [0, 0.1) is 11.6 Å². The molecule has 2 saturated heterocycles. The SMILES string of the molecule is Fc1cc(F)cc(N2CCCN3CCCC3C2)c1. The van der Waals surface area contributed by atoms with E-state index in [1.807, 2.05) is 0 Å². The molecule has 1 unspecified atom stereocenters. The summed E-state index contributed by atoms with van der Waals surface area (Å²) in [6, 6.07) is 4.36. The van der Waals surface area contributed by atoms with E-state index in [1.54, 1.807) is 0 Å². The fraction of sp³-hybridized carbons (Fsp3) is 0.571. The average molecular weight is 252 g/mol. The van der Waals surface area contributed by atoms with Gasteiger partial charge in [0.05, 0.1) is 0 Å². The van der Waals surface area contributed by atoms with Gasteiger partial charge >= 0.3 is 0 Å². The molecule has 2 heterocycles. The third kappa shape index (κ3) is 2.34. The van der Waals surface area contributed by atoms with Crippen molar-refractivity contribution in [2.75, 3.05) is 31.1 Å². The third-order valence-electron chi connectivity index (χ3n) is 4.02. The highest BCUT2D eigenvalue weighted by molar-refractivity contribution is 5.47. The number of benzene rings is 1. The second-order valence-corrected chi connectivity index (χ2v) is 5.26. The lowest BCUT2D eigenvalue weighted by molar-refractivity contribution is 0.273. The van der Waals surface area contributed by atoms with E-state index in [9.17, 15) is 8.78 Å². The van der Waals surface area contributed by atoms with Crippen molar-refractivity contribution in [1.82, 2.24) is 4.90 Å². The van der Waals surface area contributed by atoms with Crippen LogP contribution in [0.1, 0.15) is 19.3 Å². The van der Waals surface area contributed by atoms with Crippen molar-refractivity contribution in [3.63, 3.8) is 0 Å². The van der Waals surface area contributed by atoms with E-state index < -0.39 is 11.6 Å². The van der Waals surface area contributed by atoms with E-state index >= 15 is 0 Å². The maximum absolute atomic E-state index is 13.3. The van der Waals surface area contributed by atoms with Crippen molar-refractivity contribution >= 4 is 5.69 Å². The second-order valence-electron chi connectivity index (χ2n) is 5.26. The van der Waals surface area contributed by atoms with Gasteiger partial charge in [0.25, 0.3) is 0 Å². The van der Waals surface area contributed by atoms with E-state index in [1.165, 1.54) is 31.5 Å². The average Bonchev–Trinajstić information content (AvgIpc) is 2.65. The van der Waals surface area contributed by atoms with Gasteiger partial charge in [-0.15, -0.1) is 0 Å². The monoisotopic (exact) mass is 252 g/mol. The van der Waals surface area contributed by atoms with Gasteiger partial charge in [0.1, 0.15) is 11.6 Å². The Morgan fingerprint density at radius 1 is 0.944 bits per heavy atom. The van der Waals surface area contributed by atoms with Crippen molar-refractivity contribution in [2.24, 2.45) is 0 Å². The molecule has 2 fully saturated rings. The van der Waals surface area contributed by atoms with Crippen LogP contribution in [0.15, 0.2) is 18.2 Å². The van der Waals surface area contributed by atoms with Crippen LogP contribution in [0.5, 0.6) is 0 Å². The standard InChI is InChI=1S/C14H18F2N2/c15-11-7-12(16)9-14(8-11)18-6-2-5-17-4-1-3-13(17)10-18/h7-9,13H,1-6,10H2. The predicted molar refractivity (Wildman–Crippen MR) is 67.8 cm³/mol. The maximum atomic E-state index is 13.3. The first-order valence-corrected chi connectivity index (χ1v) is 6.67. The van der Waals surface area contributed by atoms with E-state index in [0.717, 1.165) is 32.1 Å². The molecule has 1 aromatic rings. The number of halogens is 2. The molecule has 0 aromatic heterocycles. The normalized spacial score (nSPS) is 25.0. The Hall–Kier alpha value is -1.16. The Bertz CT molecular complexity index is 416. The van der Waals surface area contributed by atoms with Gasteiger partial charge in [-0.3, -0.25) is 4.90 Å². The summed E-state index contributed by atoms with van der Waals surface area (Å²) >= 11 is 0. The molecule has 2 aliphatic heterocycles. The minimum Gasteiger partial charge on any atom is -0.370 e. The minimum absolute atomic E-state index is 0.488. The predicted octanol–water partition coefficient (Wildman–Crippen LogP) is 2.64. The van der Waals surface area contributed by atoms with Crippen LogP contribution in [0.2, 0.25) is 0 Å². The van der Waals surface area contributed by atoms with E-state index in [0.29, 0.717) is 11.7 Å². The highest BCUT2D eigenvalue weighted by atomic mass is 19.1. The first-order valence-electron chi connectivity index (χ1n) is 6.67. The molecule has 4 heteroatoms. The van der Waals surface area contributed by atoms with Gasteiger partial charge in [0.2, 0.25) is 0 Å². The molecule has 0 bridgehead atoms. The molecule has 3 rings (SSSR count). The summed E-state index contributed by atoms with van der Waals surface area (Å²) in [7, 11) is 0. The van der Waals surface area contributed by atoms with Crippen LogP contribution in [0.25, 0.3) is 0 Å². The highest BCUT2D eigenvalue weighted by Crippen LogP contribution is 2.25. The zero-order valence-electron chi connectivity index (χ0n) is 10.4. The van der Waals surface area contributed by atoms with E-state index in [2.05, 4.69) is 9.80 Å². The lowest BCUT2D eigenvalue weighted by atomic mass is 10.2. The van der Waals surface area contributed by atoms with Crippen molar-refractivity contribution < 1.29 is 8.78 Å². The summed E-state index contributed by atoms with van der Waals surface area (Å²) in [5, 5.41) is 0. The molecule has 18 heavy (non-hydrogen) atoms. The number of hydrogen-bond donors (Lipinski definition) is 0.